The molecule has 0 aliphatic rings. The Labute approximate surface area is 156 Å². The van der Waals surface area contributed by atoms with E-state index in [0.29, 0.717) is 24.2 Å². The Morgan fingerprint density at radius 1 is 0.769 bits per heavy atom. The molecule has 0 heterocycles. The molecule has 0 aromatic heterocycles. The van der Waals surface area contributed by atoms with Gasteiger partial charge in [-0.05, 0) is 60.2 Å². The SMILES string of the molecule is Cc1ccc(C(=O)NCCNC(=O)c2ccc(C(C)(C)C)cc2)cc1C. The molecule has 4 nitrogen and oxygen atoms in total. The van der Waals surface area contributed by atoms with Crippen molar-refractivity contribution in [1.29, 1.82) is 0 Å². The van der Waals surface area contributed by atoms with Crippen LogP contribution >= 0.6 is 0 Å². The maximum absolute atomic E-state index is 12.2. The lowest BCUT2D eigenvalue weighted by atomic mass is 9.87. The summed E-state index contributed by atoms with van der Waals surface area (Å²) in [5.74, 6) is -0.261. The highest BCUT2D eigenvalue weighted by molar-refractivity contribution is 5.95. The van der Waals surface area contributed by atoms with E-state index in [1.54, 1.807) is 0 Å². The van der Waals surface area contributed by atoms with E-state index in [9.17, 15) is 9.59 Å². The van der Waals surface area contributed by atoms with Gasteiger partial charge in [-0.15, -0.1) is 0 Å². The number of hydrogen-bond acceptors (Lipinski definition) is 2. The van der Waals surface area contributed by atoms with Gasteiger partial charge in [0.05, 0.1) is 0 Å². The summed E-state index contributed by atoms with van der Waals surface area (Å²) in [7, 11) is 0. The number of carbonyl (C=O) groups is 2. The molecule has 0 spiro atoms. The summed E-state index contributed by atoms with van der Waals surface area (Å²) < 4.78 is 0. The molecule has 2 amide bonds. The first-order valence-electron chi connectivity index (χ1n) is 8.92. The maximum Gasteiger partial charge on any atom is 0.251 e. The molecule has 26 heavy (non-hydrogen) atoms. The van der Waals surface area contributed by atoms with Crippen molar-refractivity contribution in [3.05, 3.63) is 70.3 Å². The van der Waals surface area contributed by atoms with Gasteiger partial charge in [0.25, 0.3) is 11.8 Å². The molecule has 138 valence electrons. The minimum atomic E-state index is -0.133. The molecule has 0 aliphatic heterocycles. The van der Waals surface area contributed by atoms with Crippen molar-refractivity contribution in [3.8, 4) is 0 Å². The van der Waals surface area contributed by atoms with Gasteiger partial charge in [-0.25, -0.2) is 0 Å². The number of benzene rings is 2. The summed E-state index contributed by atoms with van der Waals surface area (Å²) >= 11 is 0. The Kier molecular flexibility index (Phi) is 6.19. The van der Waals surface area contributed by atoms with Crippen LogP contribution in [0.3, 0.4) is 0 Å². The zero-order chi connectivity index (χ0) is 19.3. The Balaban J connectivity index is 1.81. The van der Waals surface area contributed by atoms with Gasteiger partial charge in [0.1, 0.15) is 0 Å². The number of rotatable bonds is 5. The molecular formula is C22H28N2O2. The summed E-state index contributed by atoms with van der Waals surface area (Å²) in [5, 5.41) is 5.66. The first kappa shape index (κ1) is 19.7. The van der Waals surface area contributed by atoms with Gasteiger partial charge in [0.15, 0.2) is 0 Å². The highest BCUT2D eigenvalue weighted by atomic mass is 16.2. The van der Waals surface area contributed by atoms with E-state index in [1.807, 2.05) is 56.3 Å². The van der Waals surface area contributed by atoms with Crippen LogP contribution in [0.1, 0.15) is 58.2 Å². The molecule has 0 bridgehead atoms. The summed E-state index contributed by atoms with van der Waals surface area (Å²) in [6.45, 7) is 11.2. The zero-order valence-corrected chi connectivity index (χ0v) is 16.3. The van der Waals surface area contributed by atoms with E-state index >= 15 is 0 Å². The molecule has 4 heteroatoms. The van der Waals surface area contributed by atoms with Crippen molar-refractivity contribution in [1.82, 2.24) is 10.6 Å². The number of nitrogens with one attached hydrogen (secondary N) is 2. The van der Waals surface area contributed by atoms with Crippen LogP contribution in [0.25, 0.3) is 0 Å². The van der Waals surface area contributed by atoms with Gasteiger partial charge in [-0.3, -0.25) is 9.59 Å². The van der Waals surface area contributed by atoms with Gasteiger partial charge in [-0.1, -0.05) is 39.0 Å². The van der Waals surface area contributed by atoms with Gasteiger partial charge < -0.3 is 10.6 Å². The minimum Gasteiger partial charge on any atom is -0.350 e. The standard InChI is InChI=1S/C22H28N2O2/c1-15-6-7-18(14-16(15)2)21(26)24-13-12-23-20(25)17-8-10-19(11-9-17)22(3,4)5/h6-11,14H,12-13H2,1-5H3,(H,23,25)(H,24,26). The molecule has 2 N–H and O–H groups in total. The highest BCUT2D eigenvalue weighted by Crippen LogP contribution is 2.22. The molecule has 2 aromatic rings. The Morgan fingerprint density at radius 2 is 1.27 bits per heavy atom. The Hall–Kier alpha value is -2.62. The third-order valence-electron chi connectivity index (χ3n) is 4.48. The van der Waals surface area contributed by atoms with Crippen LogP contribution in [0.15, 0.2) is 42.5 Å². The van der Waals surface area contributed by atoms with Crippen LogP contribution in [0.4, 0.5) is 0 Å². The van der Waals surface area contributed by atoms with Crippen LogP contribution in [0.2, 0.25) is 0 Å². The fourth-order valence-corrected chi connectivity index (χ4v) is 2.56. The second-order valence-corrected chi connectivity index (χ2v) is 7.64. The lowest BCUT2D eigenvalue weighted by Crippen LogP contribution is -2.34. The second-order valence-electron chi connectivity index (χ2n) is 7.64. The smallest absolute Gasteiger partial charge is 0.251 e. The number of amides is 2. The van der Waals surface area contributed by atoms with Crippen LogP contribution < -0.4 is 10.6 Å². The Bertz CT molecular complexity index is 787. The van der Waals surface area contributed by atoms with Gasteiger partial charge in [0.2, 0.25) is 0 Å². The summed E-state index contributed by atoms with van der Waals surface area (Å²) in [6, 6.07) is 13.3. The van der Waals surface area contributed by atoms with Crippen molar-refractivity contribution < 1.29 is 9.59 Å². The minimum absolute atomic E-state index is 0.0631. The molecule has 0 radical (unpaired) electrons. The topological polar surface area (TPSA) is 58.2 Å². The molecular weight excluding hydrogens is 324 g/mol. The second kappa shape index (κ2) is 8.17. The van der Waals surface area contributed by atoms with E-state index in [1.165, 1.54) is 5.56 Å². The van der Waals surface area contributed by atoms with Crippen molar-refractivity contribution in [2.75, 3.05) is 13.1 Å². The quantitative estimate of drug-likeness (QED) is 0.805. The van der Waals surface area contributed by atoms with Crippen LogP contribution in [-0.4, -0.2) is 24.9 Å². The molecule has 0 fully saturated rings. The molecule has 0 saturated carbocycles. The van der Waals surface area contributed by atoms with Gasteiger partial charge >= 0.3 is 0 Å². The summed E-state index contributed by atoms with van der Waals surface area (Å²) in [5.41, 5.74) is 4.76. The Morgan fingerprint density at radius 3 is 1.77 bits per heavy atom. The summed E-state index contributed by atoms with van der Waals surface area (Å²) in [4.78, 5) is 24.3. The predicted octanol–water partition coefficient (Wildman–Crippen LogP) is 3.76. The largest absolute Gasteiger partial charge is 0.350 e. The first-order chi connectivity index (χ1) is 12.2. The third kappa shape index (κ3) is 5.19. The van der Waals surface area contributed by atoms with Crippen molar-refractivity contribution in [3.63, 3.8) is 0 Å². The highest BCUT2D eigenvalue weighted by Gasteiger charge is 2.14. The van der Waals surface area contributed by atoms with E-state index in [4.69, 9.17) is 0 Å². The van der Waals surface area contributed by atoms with Crippen LogP contribution in [0.5, 0.6) is 0 Å². The van der Waals surface area contributed by atoms with Gasteiger partial charge in [-0.2, -0.15) is 0 Å². The zero-order valence-electron chi connectivity index (χ0n) is 16.3. The average molecular weight is 352 g/mol. The molecule has 0 atom stereocenters. The molecule has 0 unspecified atom stereocenters. The molecule has 0 aliphatic carbocycles. The predicted molar refractivity (Wildman–Crippen MR) is 106 cm³/mol. The lowest BCUT2D eigenvalue weighted by molar-refractivity contribution is 0.0927. The van der Waals surface area contributed by atoms with Crippen LogP contribution in [-0.2, 0) is 5.41 Å². The van der Waals surface area contributed by atoms with E-state index in [2.05, 4.69) is 31.4 Å². The first-order valence-corrected chi connectivity index (χ1v) is 8.92. The lowest BCUT2D eigenvalue weighted by Gasteiger charge is -2.19. The van der Waals surface area contributed by atoms with E-state index < -0.39 is 0 Å². The molecule has 0 saturated heterocycles. The number of aryl methyl sites for hydroxylation is 2. The summed E-state index contributed by atoms with van der Waals surface area (Å²) in [6.07, 6.45) is 0. The van der Waals surface area contributed by atoms with Crippen LogP contribution in [0, 0.1) is 13.8 Å². The van der Waals surface area contributed by atoms with Crippen molar-refractivity contribution in [2.45, 2.75) is 40.0 Å². The average Bonchev–Trinajstić information content (AvgIpc) is 2.60. The normalized spacial score (nSPS) is 11.1. The van der Waals surface area contributed by atoms with Crippen molar-refractivity contribution >= 4 is 11.8 Å². The monoisotopic (exact) mass is 352 g/mol. The maximum atomic E-state index is 12.2. The number of hydrogen-bond donors (Lipinski definition) is 2. The van der Waals surface area contributed by atoms with Crippen molar-refractivity contribution in [2.24, 2.45) is 0 Å². The number of carbonyl (C=O) groups excluding carboxylic acids is 2. The third-order valence-corrected chi connectivity index (χ3v) is 4.48. The molecule has 2 aromatic carbocycles. The van der Waals surface area contributed by atoms with E-state index in [0.717, 1.165) is 11.1 Å². The fraction of sp³-hybridized carbons (Fsp3) is 0.364. The van der Waals surface area contributed by atoms with E-state index in [-0.39, 0.29) is 17.2 Å². The fourth-order valence-electron chi connectivity index (χ4n) is 2.56. The molecule has 2 rings (SSSR count). The van der Waals surface area contributed by atoms with Gasteiger partial charge in [0, 0.05) is 24.2 Å².